The maximum atomic E-state index is 12.9. The summed E-state index contributed by atoms with van der Waals surface area (Å²) in [6, 6.07) is 0. The molecule has 0 spiro atoms. The second kappa shape index (κ2) is 55.6. The summed E-state index contributed by atoms with van der Waals surface area (Å²) in [6.45, 7) is 4.34. The van der Waals surface area contributed by atoms with Gasteiger partial charge < -0.3 is 24.2 Å². The van der Waals surface area contributed by atoms with E-state index in [1.54, 1.807) is 0 Å². The summed E-state index contributed by atoms with van der Waals surface area (Å²) in [5.41, 5.74) is 0. The molecule has 12 heteroatoms. The third kappa shape index (κ3) is 53.2. The first kappa shape index (κ1) is 70.4. The Hall–Kier alpha value is -3.60. The summed E-state index contributed by atoms with van der Waals surface area (Å²) >= 11 is 0. The molecule has 0 fully saturated rings. The molecule has 0 rings (SSSR count). The molecule has 0 aliphatic rings. The van der Waals surface area contributed by atoms with E-state index in [-0.39, 0.29) is 25.9 Å². The van der Waals surface area contributed by atoms with E-state index in [9.17, 15) is 28.9 Å². The lowest BCUT2D eigenvalue weighted by molar-refractivity contribution is -0.161. The quantitative estimate of drug-likeness (QED) is 0.0197. The lowest BCUT2D eigenvalue weighted by atomic mass is 10.1. The summed E-state index contributed by atoms with van der Waals surface area (Å²) in [6.07, 6.45) is 65.0. The number of allylic oxidation sites excluding steroid dienone is 16. The zero-order valence-electron chi connectivity index (χ0n) is 46.8. The molecule has 424 valence electrons. The van der Waals surface area contributed by atoms with E-state index >= 15 is 0 Å². The molecule has 0 aromatic rings. The van der Waals surface area contributed by atoms with E-state index in [1.807, 2.05) is 0 Å². The van der Waals surface area contributed by atoms with Gasteiger partial charge in [-0.15, -0.1) is 0 Å². The fourth-order valence-electron chi connectivity index (χ4n) is 7.59. The monoisotopic (exact) mass is 1060 g/mol. The van der Waals surface area contributed by atoms with Crippen LogP contribution in [0.2, 0.25) is 0 Å². The minimum Gasteiger partial charge on any atom is -0.462 e. The van der Waals surface area contributed by atoms with Gasteiger partial charge in [-0.3, -0.25) is 23.4 Å². The van der Waals surface area contributed by atoms with Gasteiger partial charge >= 0.3 is 25.7 Å². The smallest absolute Gasteiger partial charge is 0.462 e. The molecule has 0 saturated carbocycles. The topological polar surface area (TPSA) is 155 Å². The van der Waals surface area contributed by atoms with Gasteiger partial charge in [-0.05, 0) is 116 Å². The zero-order chi connectivity index (χ0) is 54.1. The Morgan fingerprint density at radius 3 is 1.09 bits per heavy atom. The fraction of sp³-hybridized carbons (Fsp3) is 0.694. The van der Waals surface area contributed by atoms with E-state index in [0.717, 1.165) is 135 Å². The maximum Gasteiger partial charge on any atom is 0.472 e. The standard InChI is InChI=1S/C62H105O11P/c1-4-7-10-13-16-19-22-25-27-29-31-34-37-40-43-46-49-52-61(65)72-58(54-63)56-70-74(67,68)71-57-59(55-69-60(64)51-48-45-42-39-36-33-24-21-18-15-12-9-6-3)73-62(66)53-50-47-44-41-38-35-32-30-28-26-23-20-17-14-11-8-5-2/h8-9,11-12,16-21,25-28,33,36,58-59,63H,4-7,10,13-15,22-24,29-32,34-35,37-57H2,1-3H3,(H,67,68)/b11-8-,12-9-,19-16-,20-17-,21-18-,27-25-,28-26-,36-33-. The molecule has 0 amide bonds. The Morgan fingerprint density at radius 1 is 0.392 bits per heavy atom. The second-order valence-electron chi connectivity index (χ2n) is 19.0. The highest BCUT2D eigenvalue weighted by molar-refractivity contribution is 7.47. The van der Waals surface area contributed by atoms with E-state index in [4.69, 9.17) is 23.3 Å². The van der Waals surface area contributed by atoms with Crippen molar-refractivity contribution in [3.05, 3.63) is 97.2 Å². The molecule has 0 radical (unpaired) electrons. The van der Waals surface area contributed by atoms with Crippen LogP contribution in [0.15, 0.2) is 97.2 Å². The average molecular weight is 1060 g/mol. The lowest BCUT2D eigenvalue weighted by Gasteiger charge is -2.21. The molecule has 0 saturated heterocycles. The van der Waals surface area contributed by atoms with E-state index in [2.05, 4.69) is 118 Å². The van der Waals surface area contributed by atoms with Crippen LogP contribution in [-0.4, -0.2) is 66.5 Å². The number of hydrogen-bond donors (Lipinski definition) is 2. The normalized spacial score (nSPS) is 14.1. The minimum absolute atomic E-state index is 0.145. The Kier molecular flexibility index (Phi) is 52.9. The predicted molar refractivity (Wildman–Crippen MR) is 307 cm³/mol. The number of phosphoric ester groups is 1. The minimum atomic E-state index is -4.76. The van der Waals surface area contributed by atoms with E-state index < -0.39 is 57.8 Å². The van der Waals surface area contributed by atoms with Gasteiger partial charge in [0.25, 0.3) is 0 Å². The van der Waals surface area contributed by atoms with Crippen LogP contribution in [0.25, 0.3) is 0 Å². The van der Waals surface area contributed by atoms with Crippen molar-refractivity contribution in [3.63, 3.8) is 0 Å². The first-order chi connectivity index (χ1) is 36.2. The van der Waals surface area contributed by atoms with Crippen molar-refractivity contribution in [2.45, 2.75) is 251 Å². The molecule has 0 aromatic heterocycles. The number of carbonyl (C=O) groups is 3. The number of aliphatic hydroxyl groups excluding tert-OH is 1. The lowest BCUT2D eigenvalue weighted by Crippen LogP contribution is -2.30. The SMILES string of the molecule is CC/C=C\C/C=C\C/C=C\CCCCCCCCCC(=O)OC(COC(=O)CCCCC/C=C\C/C=C\C/C=C\CC)COP(=O)(O)OCC(CO)OC(=O)CCCCCCCCC/C=C\C/C=C\CCCCC. The fourth-order valence-corrected chi connectivity index (χ4v) is 8.37. The Morgan fingerprint density at radius 2 is 0.703 bits per heavy atom. The second-order valence-corrected chi connectivity index (χ2v) is 20.5. The number of aliphatic hydroxyl groups is 1. The maximum absolute atomic E-state index is 12.9. The van der Waals surface area contributed by atoms with Gasteiger partial charge in [0.15, 0.2) is 6.10 Å². The van der Waals surface area contributed by atoms with Crippen molar-refractivity contribution in [1.29, 1.82) is 0 Å². The Balaban J connectivity index is 4.74. The van der Waals surface area contributed by atoms with Gasteiger partial charge in [0.1, 0.15) is 12.7 Å². The van der Waals surface area contributed by atoms with Gasteiger partial charge in [0.2, 0.25) is 0 Å². The summed E-state index contributed by atoms with van der Waals surface area (Å²) < 4.78 is 39.5. The van der Waals surface area contributed by atoms with Gasteiger partial charge in [-0.2, -0.15) is 0 Å². The highest BCUT2D eigenvalue weighted by Crippen LogP contribution is 2.43. The molecule has 11 nitrogen and oxygen atoms in total. The van der Waals surface area contributed by atoms with Crippen LogP contribution < -0.4 is 0 Å². The summed E-state index contributed by atoms with van der Waals surface area (Å²) in [7, 11) is -4.76. The molecule has 3 atom stereocenters. The highest BCUT2D eigenvalue weighted by Gasteiger charge is 2.28. The van der Waals surface area contributed by atoms with Gasteiger partial charge in [0.05, 0.1) is 19.8 Å². The van der Waals surface area contributed by atoms with E-state index in [1.165, 1.54) is 44.9 Å². The Bertz CT molecular complexity index is 1610. The third-order valence-electron chi connectivity index (χ3n) is 12.0. The van der Waals surface area contributed by atoms with Crippen molar-refractivity contribution in [2.24, 2.45) is 0 Å². The first-order valence-electron chi connectivity index (χ1n) is 29.1. The van der Waals surface area contributed by atoms with E-state index in [0.29, 0.717) is 19.3 Å². The predicted octanol–water partition coefficient (Wildman–Crippen LogP) is 17.3. The molecule has 0 aliphatic carbocycles. The van der Waals surface area contributed by atoms with Gasteiger partial charge in [-0.25, -0.2) is 4.57 Å². The highest BCUT2D eigenvalue weighted by atomic mass is 31.2. The van der Waals surface area contributed by atoms with Crippen molar-refractivity contribution in [1.82, 2.24) is 0 Å². The molecule has 0 heterocycles. The first-order valence-corrected chi connectivity index (χ1v) is 30.6. The van der Waals surface area contributed by atoms with Crippen LogP contribution in [0.4, 0.5) is 0 Å². The van der Waals surface area contributed by atoms with Crippen molar-refractivity contribution in [2.75, 3.05) is 26.4 Å². The molecular formula is C62H105O11P. The molecule has 0 aliphatic heterocycles. The summed E-state index contributed by atoms with van der Waals surface area (Å²) in [5, 5.41) is 9.82. The number of rotatable bonds is 53. The van der Waals surface area contributed by atoms with Gasteiger partial charge in [0, 0.05) is 19.3 Å². The number of unbranched alkanes of at least 4 members (excludes halogenated alkanes) is 20. The number of hydrogen-bond acceptors (Lipinski definition) is 10. The molecule has 74 heavy (non-hydrogen) atoms. The van der Waals surface area contributed by atoms with Crippen molar-refractivity contribution in [3.8, 4) is 0 Å². The molecular weight excluding hydrogens is 952 g/mol. The molecule has 3 unspecified atom stereocenters. The molecule has 2 N–H and O–H groups in total. The number of ether oxygens (including phenoxy) is 3. The van der Waals surface area contributed by atoms with Crippen molar-refractivity contribution >= 4 is 25.7 Å². The average Bonchev–Trinajstić information content (AvgIpc) is 3.39. The zero-order valence-corrected chi connectivity index (χ0v) is 47.7. The summed E-state index contributed by atoms with van der Waals surface area (Å²) in [4.78, 5) is 48.5. The van der Waals surface area contributed by atoms with Crippen molar-refractivity contribution < 1.29 is 52.2 Å². The van der Waals surface area contributed by atoms with Crippen LogP contribution in [0.5, 0.6) is 0 Å². The number of esters is 3. The van der Waals surface area contributed by atoms with Crippen LogP contribution >= 0.6 is 7.82 Å². The number of carbonyl (C=O) groups excluding carboxylic acids is 3. The van der Waals surface area contributed by atoms with Crippen LogP contribution in [0.3, 0.4) is 0 Å². The third-order valence-corrected chi connectivity index (χ3v) is 12.9. The largest absolute Gasteiger partial charge is 0.472 e. The van der Waals surface area contributed by atoms with Gasteiger partial charge in [-0.1, -0.05) is 201 Å². The number of phosphoric acid groups is 1. The van der Waals surface area contributed by atoms with Crippen LogP contribution in [-0.2, 0) is 42.2 Å². The van der Waals surface area contributed by atoms with Crippen LogP contribution in [0, 0.1) is 0 Å². The molecule has 0 aromatic carbocycles. The summed E-state index contributed by atoms with van der Waals surface area (Å²) in [5.74, 6) is -1.52. The molecule has 0 bridgehead atoms. The Labute approximate surface area is 451 Å². The van der Waals surface area contributed by atoms with Crippen LogP contribution in [0.1, 0.15) is 239 Å².